The Kier molecular flexibility index (Phi) is 6.30. The summed E-state index contributed by atoms with van der Waals surface area (Å²) in [5.74, 6) is 1.62. The van der Waals surface area contributed by atoms with Crippen LogP contribution in [0.3, 0.4) is 0 Å². The van der Waals surface area contributed by atoms with Gasteiger partial charge in [-0.15, -0.1) is 0 Å². The fourth-order valence-electron chi connectivity index (χ4n) is 2.72. The van der Waals surface area contributed by atoms with Crippen LogP contribution in [0, 0.1) is 12.8 Å². The molecule has 3 nitrogen and oxygen atoms in total. The molecule has 2 atom stereocenters. The first kappa shape index (κ1) is 16.1. The van der Waals surface area contributed by atoms with Crippen LogP contribution in [0.2, 0.25) is 0 Å². The van der Waals surface area contributed by atoms with Crippen LogP contribution >= 0.6 is 12.2 Å². The second-order valence-electron chi connectivity index (χ2n) is 5.93. The molecule has 1 fully saturated rings. The number of nitrogens with one attached hydrogen (secondary N) is 2. The number of ether oxygens (including phenoxy) is 1. The van der Waals surface area contributed by atoms with Crippen LogP contribution in [0.15, 0.2) is 24.3 Å². The summed E-state index contributed by atoms with van der Waals surface area (Å²) in [6.45, 7) is 5.72. The largest absolute Gasteiger partial charge is 0.492 e. The second kappa shape index (κ2) is 8.23. The number of hydrogen-bond acceptors (Lipinski definition) is 2. The molecule has 2 rings (SSSR count). The molecule has 1 aromatic rings. The summed E-state index contributed by atoms with van der Waals surface area (Å²) in [6, 6.07) is 8.63. The van der Waals surface area contributed by atoms with Crippen LogP contribution in [0.25, 0.3) is 0 Å². The summed E-state index contributed by atoms with van der Waals surface area (Å²) in [5, 5.41) is 7.42. The Morgan fingerprint density at radius 1 is 1.24 bits per heavy atom. The first-order chi connectivity index (χ1) is 10.1. The van der Waals surface area contributed by atoms with Gasteiger partial charge in [-0.05, 0) is 50.0 Å². The molecule has 0 saturated heterocycles. The van der Waals surface area contributed by atoms with E-state index in [1.165, 1.54) is 31.2 Å². The number of benzene rings is 1. The van der Waals surface area contributed by atoms with Gasteiger partial charge in [0, 0.05) is 6.04 Å². The molecule has 0 aromatic heterocycles. The lowest BCUT2D eigenvalue weighted by Gasteiger charge is -2.30. The van der Waals surface area contributed by atoms with Gasteiger partial charge in [-0.3, -0.25) is 0 Å². The average Bonchev–Trinajstić information content (AvgIpc) is 2.48. The topological polar surface area (TPSA) is 33.3 Å². The van der Waals surface area contributed by atoms with Crippen LogP contribution in [-0.2, 0) is 0 Å². The predicted octanol–water partition coefficient (Wildman–Crippen LogP) is 3.42. The molecule has 116 valence electrons. The summed E-state index contributed by atoms with van der Waals surface area (Å²) in [6.07, 6.45) is 5.19. The predicted molar refractivity (Wildman–Crippen MR) is 91.8 cm³/mol. The van der Waals surface area contributed by atoms with Gasteiger partial charge in [0.15, 0.2) is 5.11 Å². The monoisotopic (exact) mass is 306 g/mol. The minimum absolute atomic E-state index is 0.525. The lowest BCUT2D eigenvalue weighted by molar-refractivity contribution is 0.304. The molecular weight excluding hydrogens is 280 g/mol. The molecule has 0 spiro atoms. The lowest BCUT2D eigenvalue weighted by atomic mass is 9.86. The third kappa shape index (κ3) is 5.54. The molecule has 0 aliphatic heterocycles. The Morgan fingerprint density at radius 3 is 2.67 bits per heavy atom. The minimum Gasteiger partial charge on any atom is -0.492 e. The van der Waals surface area contributed by atoms with Crippen LogP contribution in [0.1, 0.15) is 38.2 Å². The number of rotatable bonds is 5. The molecule has 0 unspecified atom stereocenters. The first-order valence-electron chi connectivity index (χ1n) is 7.89. The first-order valence-corrected chi connectivity index (χ1v) is 8.30. The van der Waals surface area contributed by atoms with Crippen molar-refractivity contribution in [2.24, 2.45) is 5.92 Å². The number of aryl methyl sites for hydroxylation is 1. The molecule has 0 bridgehead atoms. The highest BCUT2D eigenvalue weighted by Crippen LogP contribution is 2.23. The Labute approximate surface area is 133 Å². The highest BCUT2D eigenvalue weighted by Gasteiger charge is 2.21. The molecule has 0 heterocycles. The van der Waals surface area contributed by atoms with Gasteiger partial charge in [-0.1, -0.05) is 37.5 Å². The minimum atomic E-state index is 0.525. The van der Waals surface area contributed by atoms with E-state index in [4.69, 9.17) is 17.0 Å². The van der Waals surface area contributed by atoms with Crippen LogP contribution < -0.4 is 15.4 Å². The fourth-order valence-corrected chi connectivity index (χ4v) is 2.97. The van der Waals surface area contributed by atoms with Crippen molar-refractivity contribution in [3.63, 3.8) is 0 Å². The highest BCUT2D eigenvalue weighted by molar-refractivity contribution is 7.80. The Morgan fingerprint density at radius 2 is 1.95 bits per heavy atom. The van der Waals surface area contributed by atoms with E-state index in [-0.39, 0.29) is 0 Å². The van der Waals surface area contributed by atoms with Crippen molar-refractivity contribution >= 4 is 17.3 Å². The molecule has 0 amide bonds. The molecule has 1 saturated carbocycles. The maximum absolute atomic E-state index is 5.67. The van der Waals surface area contributed by atoms with E-state index < -0.39 is 0 Å². The SMILES string of the molecule is Cc1ccc(OCCNC(=S)N[C@H]2CCCC[C@@H]2C)cc1. The third-order valence-corrected chi connectivity index (χ3v) is 4.37. The Balaban J connectivity index is 1.61. The Bertz CT molecular complexity index is 447. The molecule has 4 heteroatoms. The zero-order valence-electron chi connectivity index (χ0n) is 13.0. The van der Waals surface area contributed by atoms with Crippen LogP contribution in [-0.4, -0.2) is 24.3 Å². The molecular formula is C17H26N2OS. The smallest absolute Gasteiger partial charge is 0.166 e. The zero-order chi connectivity index (χ0) is 15.1. The standard InChI is InChI=1S/C17H26N2OS/c1-13-7-9-15(10-8-13)20-12-11-18-17(21)19-16-6-4-3-5-14(16)2/h7-10,14,16H,3-6,11-12H2,1-2H3,(H2,18,19,21)/t14-,16-/m0/s1. The summed E-state index contributed by atoms with van der Waals surface area (Å²) in [4.78, 5) is 0. The Hall–Kier alpha value is -1.29. The lowest BCUT2D eigenvalue weighted by Crippen LogP contribution is -2.46. The van der Waals surface area contributed by atoms with Crippen molar-refractivity contribution < 1.29 is 4.74 Å². The van der Waals surface area contributed by atoms with Crippen molar-refractivity contribution in [2.75, 3.05) is 13.2 Å². The fraction of sp³-hybridized carbons (Fsp3) is 0.588. The highest BCUT2D eigenvalue weighted by atomic mass is 32.1. The van der Waals surface area contributed by atoms with Gasteiger partial charge < -0.3 is 15.4 Å². The van der Waals surface area contributed by atoms with E-state index in [1.807, 2.05) is 12.1 Å². The van der Waals surface area contributed by atoms with Crippen LogP contribution in [0.5, 0.6) is 5.75 Å². The van der Waals surface area contributed by atoms with Gasteiger partial charge in [0.25, 0.3) is 0 Å². The van der Waals surface area contributed by atoms with Crippen LogP contribution in [0.4, 0.5) is 0 Å². The van der Waals surface area contributed by atoms with Crippen molar-refractivity contribution in [3.8, 4) is 5.75 Å². The molecule has 2 N–H and O–H groups in total. The van der Waals surface area contributed by atoms with Gasteiger partial charge in [0.05, 0.1) is 6.54 Å². The number of thiocarbonyl (C=S) groups is 1. The third-order valence-electron chi connectivity index (χ3n) is 4.11. The maximum atomic E-state index is 5.67. The summed E-state index contributed by atoms with van der Waals surface area (Å²) in [5.41, 5.74) is 1.24. The molecule has 1 aromatic carbocycles. The van der Waals surface area contributed by atoms with Gasteiger partial charge in [-0.25, -0.2) is 0 Å². The quantitative estimate of drug-likeness (QED) is 0.645. The van der Waals surface area contributed by atoms with E-state index in [9.17, 15) is 0 Å². The van der Waals surface area contributed by atoms with E-state index >= 15 is 0 Å². The normalized spacial score (nSPS) is 21.6. The van der Waals surface area contributed by atoms with E-state index in [2.05, 4.69) is 36.6 Å². The van der Waals surface area contributed by atoms with E-state index in [1.54, 1.807) is 0 Å². The van der Waals surface area contributed by atoms with Crippen molar-refractivity contribution in [1.82, 2.24) is 10.6 Å². The summed E-state index contributed by atoms with van der Waals surface area (Å²) < 4.78 is 5.67. The van der Waals surface area contributed by atoms with Gasteiger partial charge in [-0.2, -0.15) is 0 Å². The van der Waals surface area contributed by atoms with Crippen molar-refractivity contribution in [1.29, 1.82) is 0 Å². The average molecular weight is 306 g/mol. The number of hydrogen-bond donors (Lipinski definition) is 2. The molecule has 1 aliphatic rings. The molecule has 21 heavy (non-hydrogen) atoms. The maximum Gasteiger partial charge on any atom is 0.166 e. The van der Waals surface area contributed by atoms with Crippen molar-refractivity contribution in [2.45, 2.75) is 45.6 Å². The summed E-state index contributed by atoms with van der Waals surface area (Å²) in [7, 11) is 0. The second-order valence-corrected chi connectivity index (χ2v) is 6.34. The summed E-state index contributed by atoms with van der Waals surface area (Å²) >= 11 is 5.36. The molecule has 1 aliphatic carbocycles. The van der Waals surface area contributed by atoms with E-state index in [0.29, 0.717) is 18.6 Å². The molecule has 0 radical (unpaired) electrons. The van der Waals surface area contributed by atoms with Gasteiger partial charge >= 0.3 is 0 Å². The van der Waals surface area contributed by atoms with Gasteiger partial charge in [0.2, 0.25) is 0 Å². The van der Waals surface area contributed by atoms with Gasteiger partial charge in [0.1, 0.15) is 12.4 Å². The van der Waals surface area contributed by atoms with E-state index in [0.717, 1.165) is 17.4 Å². The van der Waals surface area contributed by atoms with Crippen molar-refractivity contribution in [3.05, 3.63) is 29.8 Å². The zero-order valence-corrected chi connectivity index (χ0v) is 13.8.